The van der Waals surface area contributed by atoms with Gasteiger partial charge < -0.3 is 15.5 Å². The van der Waals surface area contributed by atoms with E-state index in [2.05, 4.69) is 61.2 Å². The number of nitrogens with one attached hydrogen (secondary N) is 2. The number of nitrogens with zero attached hydrogens (tertiary/aromatic N) is 3. The van der Waals surface area contributed by atoms with Crippen LogP contribution in [0.1, 0.15) is 46.7 Å². The van der Waals surface area contributed by atoms with Gasteiger partial charge in [-0.25, -0.2) is 9.48 Å². The van der Waals surface area contributed by atoms with E-state index in [0.29, 0.717) is 29.0 Å². The molecule has 3 aromatic rings. The van der Waals surface area contributed by atoms with Crippen LogP contribution in [0.15, 0.2) is 59.1 Å². The van der Waals surface area contributed by atoms with Crippen molar-refractivity contribution in [1.29, 1.82) is 0 Å². The molecule has 192 valence electrons. The Hall–Kier alpha value is -2.84. The maximum atomic E-state index is 13.2. The predicted molar refractivity (Wildman–Crippen MR) is 150 cm³/mol. The number of urea groups is 1. The van der Waals surface area contributed by atoms with E-state index < -0.39 is 0 Å². The van der Waals surface area contributed by atoms with Gasteiger partial charge in [0.25, 0.3) is 0 Å². The number of rotatable bonds is 8. The molecule has 3 rings (SSSR count). The molecule has 7 nitrogen and oxygen atoms in total. The molecule has 1 heterocycles. The summed E-state index contributed by atoms with van der Waals surface area (Å²) in [4.78, 5) is 27.8. The lowest BCUT2D eigenvalue weighted by molar-refractivity contribution is -0.116. The molecule has 2 aromatic carbocycles. The van der Waals surface area contributed by atoms with E-state index in [1.165, 1.54) is 4.90 Å². The Balaban J connectivity index is 1.81. The first-order valence-corrected chi connectivity index (χ1v) is 13.1. The molecule has 0 saturated carbocycles. The number of aromatic nitrogens is 2. The maximum absolute atomic E-state index is 13.2. The van der Waals surface area contributed by atoms with E-state index in [1.54, 1.807) is 16.8 Å². The quantitative estimate of drug-likeness (QED) is 0.301. The topological polar surface area (TPSA) is 79.3 Å². The Labute approximate surface area is 226 Å². The van der Waals surface area contributed by atoms with Gasteiger partial charge in [0.2, 0.25) is 5.91 Å². The van der Waals surface area contributed by atoms with Gasteiger partial charge in [-0.1, -0.05) is 68.2 Å². The van der Waals surface area contributed by atoms with Crippen LogP contribution in [0.4, 0.5) is 16.3 Å². The molecule has 3 amide bonds. The number of carbonyl (C=O) groups excluding carboxylic acids is 2. The standard InChI is InChI=1S/C27H33BrClN5O2/c1-18(2)13-14-33(26(36)30-21-8-6-7-19(28)15-21)17-25(35)31-24-16-23(27(3,4)5)32-34(24)22-11-9-20(29)10-12-22/h6-12,15-16,18H,13-14,17H2,1-5H3,(H,30,36)(H,31,35). The van der Waals surface area contributed by atoms with Crippen LogP contribution in [0.25, 0.3) is 5.69 Å². The van der Waals surface area contributed by atoms with Crippen LogP contribution in [0.3, 0.4) is 0 Å². The molecule has 0 aliphatic rings. The molecular weight excluding hydrogens is 542 g/mol. The number of anilines is 2. The summed E-state index contributed by atoms with van der Waals surface area (Å²) >= 11 is 9.48. The molecule has 0 radical (unpaired) electrons. The van der Waals surface area contributed by atoms with Gasteiger partial charge in [-0.3, -0.25) is 4.79 Å². The SMILES string of the molecule is CC(C)CCN(CC(=O)Nc1cc(C(C)(C)C)nn1-c1ccc(Cl)cc1)C(=O)Nc1cccc(Br)c1. The van der Waals surface area contributed by atoms with Crippen molar-refractivity contribution in [3.63, 3.8) is 0 Å². The Morgan fingerprint density at radius 3 is 2.39 bits per heavy atom. The number of hydrogen-bond donors (Lipinski definition) is 2. The largest absolute Gasteiger partial charge is 0.322 e. The lowest BCUT2D eigenvalue weighted by Gasteiger charge is -2.23. The molecule has 0 aliphatic carbocycles. The maximum Gasteiger partial charge on any atom is 0.322 e. The summed E-state index contributed by atoms with van der Waals surface area (Å²) < 4.78 is 2.55. The summed E-state index contributed by atoms with van der Waals surface area (Å²) in [5.74, 6) is 0.608. The molecule has 0 bridgehead atoms. The monoisotopic (exact) mass is 573 g/mol. The zero-order valence-corrected chi connectivity index (χ0v) is 23.7. The van der Waals surface area contributed by atoms with E-state index in [1.807, 2.05) is 42.5 Å². The van der Waals surface area contributed by atoms with Crippen molar-refractivity contribution in [1.82, 2.24) is 14.7 Å². The third-order valence-electron chi connectivity index (χ3n) is 5.49. The third kappa shape index (κ3) is 7.83. The smallest absolute Gasteiger partial charge is 0.315 e. The van der Waals surface area contributed by atoms with Crippen LogP contribution in [-0.2, 0) is 10.2 Å². The lowest BCUT2D eigenvalue weighted by Crippen LogP contribution is -2.41. The van der Waals surface area contributed by atoms with Crippen molar-refractivity contribution in [2.24, 2.45) is 5.92 Å². The Morgan fingerprint density at radius 2 is 1.78 bits per heavy atom. The second kappa shape index (κ2) is 11.9. The van der Waals surface area contributed by atoms with Crippen molar-refractivity contribution >= 4 is 51.0 Å². The van der Waals surface area contributed by atoms with Gasteiger partial charge in [-0.2, -0.15) is 5.10 Å². The fourth-order valence-electron chi connectivity index (χ4n) is 3.41. The number of halogens is 2. The van der Waals surface area contributed by atoms with Crippen molar-refractivity contribution in [2.45, 2.75) is 46.5 Å². The number of amides is 3. The molecule has 1 aromatic heterocycles. The Bertz CT molecular complexity index is 1200. The summed E-state index contributed by atoms with van der Waals surface area (Å²) in [6.07, 6.45) is 0.774. The molecule has 2 N–H and O–H groups in total. The second-order valence-corrected chi connectivity index (χ2v) is 11.5. The van der Waals surface area contributed by atoms with Crippen molar-refractivity contribution in [3.8, 4) is 5.69 Å². The van der Waals surface area contributed by atoms with Gasteiger partial charge >= 0.3 is 6.03 Å². The van der Waals surface area contributed by atoms with E-state index in [0.717, 1.165) is 22.3 Å². The van der Waals surface area contributed by atoms with Gasteiger partial charge in [0.05, 0.1) is 11.4 Å². The molecule has 0 spiro atoms. The fourth-order valence-corrected chi connectivity index (χ4v) is 3.93. The normalized spacial score (nSPS) is 11.4. The van der Waals surface area contributed by atoms with E-state index in [4.69, 9.17) is 16.7 Å². The molecule has 0 saturated heterocycles. The minimum absolute atomic E-state index is 0.0940. The van der Waals surface area contributed by atoms with Gasteiger partial charge in [0.15, 0.2) is 0 Å². The molecule has 9 heteroatoms. The highest BCUT2D eigenvalue weighted by Crippen LogP contribution is 2.27. The van der Waals surface area contributed by atoms with Crippen molar-refractivity contribution in [2.75, 3.05) is 23.7 Å². The van der Waals surface area contributed by atoms with Crippen LogP contribution in [0.2, 0.25) is 5.02 Å². The molecule has 0 fully saturated rings. The molecule has 36 heavy (non-hydrogen) atoms. The van der Waals surface area contributed by atoms with Crippen LogP contribution in [0, 0.1) is 5.92 Å². The van der Waals surface area contributed by atoms with Crippen LogP contribution < -0.4 is 10.6 Å². The van der Waals surface area contributed by atoms with Crippen LogP contribution in [0.5, 0.6) is 0 Å². The van der Waals surface area contributed by atoms with E-state index in [9.17, 15) is 9.59 Å². The van der Waals surface area contributed by atoms with Gasteiger partial charge in [-0.15, -0.1) is 0 Å². The third-order valence-corrected chi connectivity index (χ3v) is 6.24. The molecule has 0 unspecified atom stereocenters. The van der Waals surface area contributed by atoms with E-state index >= 15 is 0 Å². The Morgan fingerprint density at radius 1 is 1.08 bits per heavy atom. The minimum Gasteiger partial charge on any atom is -0.315 e. The fraction of sp³-hybridized carbons (Fsp3) is 0.370. The summed E-state index contributed by atoms with van der Waals surface area (Å²) in [6, 6.07) is 16.1. The first-order chi connectivity index (χ1) is 16.9. The summed E-state index contributed by atoms with van der Waals surface area (Å²) in [6.45, 7) is 10.7. The summed E-state index contributed by atoms with van der Waals surface area (Å²) in [5.41, 5.74) is 2.04. The zero-order chi connectivity index (χ0) is 26.5. The zero-order valence-electron chi connectivity index (χ0n) is 21.3. The minimum atomic E-state index is -0.328. The highest BCUT2D eigenvalue weighted by molar-refractivity contribution is 9.10. The molecule has 0 aliphatic heterocycles. The molecular formula is C27H33BrClN5O2. The van der Waals surface area contributed by atoms with Gasteiger partial charge in [-0.05, 0) is 54.8 Å². The van der Waals surface area contributed by atoms with Crippen molar-refractivity contribution in [3.05, 3.63) is 69.8 Å². The van der Waals surface area contributed by atoms with E-state index in [-0.39, 0.29) is 23.9 Å². The lowest BCUT2D eigenvalue weighted by atomic mass is 9.92. The highest BCUT2D eigenvalue weighted by atomic mass is 79.9. The molecule has 0 atom stereocenters. The summed E-state index contributed by atoms with van der Waals surface area (Å²) in [5, 5.41) is 11.2. The summed E-state index contributed by atoms with van der Waals surface area (Å²) in [7, 11) is 0. The first kappa shape index (κ1) is 27.7. The average molecular weight is 575 g/mol. The number of carbonyl (C=O) groups is 2. The van der Waals surface area contributed by atoms with Gasteiger partial charge in [0, 0.05) is 33.2 Å². The van der Waals surface area contributed by atoms with Crippen molar-refractivity contribution < 1.29 is 9.59 Å². The average Bonchev–Trinajstić information content (AvgIpc) is 3.21. The predicted octanol–water partition coefficient (Wildman–Crippen LogP) is 7.10. The Kier molecular flexibility index (Phi) is 9.19. The van der Waals surface area contributed by atoms with Crippen LogP contribution >= 0.6 is 27.5 Å². The van der Waals surface area contributed by atoms with Gasteiger partial charge in [0.1, 0.15) is 12.4 Å². The van der Waals surface area contributed by atoms with Crippen LogP contribution in [-0.4, -0.2) is 39.7 Å². The highest BCUT2D eigenvalue weighted by Gasteiger charge is 2.23. The first-order valence-electron chi connectivity index (χ1n) is 11.9. The second-order valence-electron chi connectivity index (χ2n) is 10.1. The number of hydrogen-bond acceptors (Lipinski definition) is 3. The number of benzene rings is 2.